The molecule has 5 nitrogen and oxygen atoms in total. The van der Waals surface area contributed by atoms with Gasteiger partial charge in [-0.25, -0.2) is 0 Å². The number of benzene rings is 1. The summed E-state index contributed by atoms with van der Waals surface area (Å²) >= 11 is 12.0. The van der Waals surface area contributed by atoms with E-state index in [9.17, 15) is 9.90 Å². The summed E-state index contributed by atoms with van der Waals surface area (Å²) in [6, 6.07) is 8.01. The van der Waals surface area contributed by atoms with Crippen molar-refractivity contribution in [1.29, 1.82) is 0 Å². The van der Waals surface area contributed by atoms with Crippen LogP contribution in [0.25, 0.3) is 0 Å². The molecule has 1 aliphatic rings. The Kier molecular flexibility index (Phi) is 6.48. The molecule has 26 heavy (non-hydrogen) atoms. The number of carbonyl (C=O) groups is 1. The highest BCUT2D eigenvalue weighted by molar-refractivity contribution is 6.42. The van der Waals surface area contributed by atoms with Crippen LogP contribution < -0.4 is 5.32 Å². The molecule has 0 radical (unpaired) electrons. The minimum Gasteiger partial charge on any atom is -0.386 e. The molecule has 0 aliphatic carbocycles. The Bertz CT molecular complexity index is 752. The van der Waals surface area contributed by atoms with Gasteiger partial charge in [0.15, 0.2) is 0 Å². The second-order valence-corrected chi connectivity index (χ2v) is 7.18. The lowest BCUT2D eigenvalue weighted by atomic mass is 10.0. The van der Waals surface area contributed by atoms with Gasteiger partial charge in [-0.3, -0.25) is 15.1 Å². The fourth-order valence-electron chi connectivity index (χ4n) is 3.10. The van der Waals surface area contributed by atoms with Crippen LogP contribution in [0.5, 0.6) is 0 Å². The largest absolute Gasteiger partial charge is 0.386 e. The number of rotatable bonds is 6. The van der Waals surface area contributed by atoms with Gasteiger partial charge in [0.1, 0.15) is 12.1 Å². The van der Waals surface area contributed by atoms with Gasteiger partial charge in [-0.05, 0) is 48.2 Å². The van der Waals surface area contributed by atoms with Crippen molar-refractivity contribution in [3.63, 3.8) is 0 Å². The number of hydrogen-bond acceptors (Lipinski definition) is 4. The third-order valence-corrected chi connectivity index (χ3v) is 5.30. The maximum atomic E-state index is 12.9. The van der Waals surface area contributed by atoms with Crippen molar-refractivity contribution >= 4 is 29.1 Å². The van der Waals surface area contributed by atoms with Crippen molar-refractivity contribution < 1.29 is 9.90 Å². The van der Waals surface area contributed by atoms with Crippen LogP contribution in [-0.4, -0.2) is 40.0 Å². The maximum absolute atomic E-state index is 12.9. The molecule has 0 unspecified atom stereocenters. The van der Waals surface area contributed by atoms with Crippen molar-refractivity contribution in [2.75, 3.05) is 13.1 Å². The van der Waals surface area contributed by atoms with E-state index in [1.165, 1.54) is 0 Å². The fraction of sp³-hybridized carbons (Fsp3) is 0.368. The molecule has 1 saturated heterocycles. The van der Waals surface area contributed by atoms with Gasteiger partial charge in [0.05, 0.1) is 10.0 Å². The van der Waals surface area contributed by atoms with Gasteiger partial charge < -0.3 is 10.0 Å². The number of pyridine rings is 1. The number of likely N-dealkylation sites (tertiary alicyclic amines) is 1. The zero-order chi connectivity index (χ0) is 18.5. The van der Waals surface area contributed by atoms with Crippen LogP contribution in [-0.2, 0) is 11.3 Å². The number of nitrogens with zero attached hydrogens (tertiary/aromatic N) is 2. The summed E-state index contributed by atoms with van der Waals surface area (Å²) in [6.07, 6.45) is 4.24. The predicted octanol–water partition coefficient (Wildman–Crippen LogP) is 3.20. The van der Waals surface area contributed by atoms with E-state index in [0.717, 1.165) is 31.5 Å². The van der Waals surface area contributed by atoms with Gasteiger partial charge in [-0.1, -0.05) is 29.3 Å². The highest BCUT2D eigenvalue weighted by Crippen LogP contribution is 2.24. The van der Waals surface area contributed by atoms with Crippen molar-refractivity contribution in [3.8, 4) is 0 Å². The second kappa shape index (κ2) is 8.82. The summed E-state index contributed by atoms with van der Waals surface area (Å²) in [5.74, 6) is -0.0909. The van der Waals surface area contributed by atoms with E-state index >= 15 is 0 Å². The van der Waals surface area contributed by atoms with E-state index in [4.69, 9.17) is 23.2 Å². The van der Waals surface area contributed by atoms with Crippen LogP contribution in [0, 0.1) is 0 Å². The lowest BCUT2D eigenvalue weighted by molar-refractivity contribution is -0.135. The quantitative estimate of drug-likeness (QED) is 0.790. The van der Waals surface area contributed by atoms with Crippen LogP contribution >= 0.6 is 23.2 Å². The number of halogens is 2. The molecule has 0 spiro atoms. The standard InChI is InChI=1S/C19H21Cl2N3O2/c20-15-4-3-13(11-16(15)21)12-23-17(19(26)24-9-1-2-10-24)18(25)14-5-7-22-8-6-14/h3-8,11,17-18,23,25H,1-2,9-10,12H2/t17-,18+/m1/s1. The molecule has 1 aromatic carbocycles. The van der Waals surface area contributed by atoms with Gasteiger partial charge >= 0.3 is 0 Å². The number of hydrogen-bond donors (Lipinski definition) is 2. The van der Waals surface area contributed by atoms with Crippen LogP contribution in [0.4, 0.5) is 0 Å². The first-order valence-corrected chi connectivity index (χ1v) is 9.36. The number of carbonyl (C=O) groups excluding carboxylic acids is 1. The normalized spacial score (nSPS) is 16.5. The van der Waals surface area contributed by atoms with Crippen molar-refractivity contribution in [3.05, 3.63) is 63.9 Å². The first-order valence-electron chi connectivity index (χ1n) is 8.60. The van der Waals surface area contributed by atoms with E-state index < -0.39 is 12.1 Å². The van der Waals surface area contributed by atoms with E-state index in [1.54, 1.807) is 41.6 Å². The van der Waals surface area contributed by atoms with Crippen LogP contribution in [0.1, 0.15) is 30.1 Å². The highest BCUT2D eigenvalue weighted by Gasteiger charge is 2.32. The monoisotopic (exact) mass is 393 g/mol. The summed E-state index contributed by atoms with van der Waals surface area (Å²) < 4.78 is 0. The summed E-state index contributed by atoms with van der Waals surface area (Å²) in [6.45, 7) is 1.85. The number of amides is 1. The smallest absolute Gasteiger partial charge is 0.242 e. The average Bonchev–Trinajstić information content (AvgIpc) is 3.20. The molecule has 2 atom stereocenters. The molecule has 138 valence electrons. The van der Waals surface area contributed by atoms with Gasteiger partial charge in [0, 0.05) is 32.0 Å². The SMILES string of the molecule is O=C([C@H](NCc1ccc(Cl)c(Cl)c1)[C@@H](O)c1ccncc1)N1CCCC1. The molecule has 1 fully saturated rings. The third kappa shape index (κ3) is 4.54. The summed E-state index contributed by atoms with van der Waals surface area (Å²) in [5.41, 5.74) is 1.54. The number of nitrogens with one attached hydrogen (secondary N) is 1. The Hall–Kier alpha value is -1.66. The molecular formula is C19H21Cl2N3O2. The first kappa shape index (κ1) is 19.1. The van der Waals surface area contributed by atoms with Crippen molar-refractivity contribution in [2.45, 2.75) is 31.5 Å². The molecule has 1 aromatic heterocycles. The average molecular weight is 394 g/mol. The molecule has 2 aromatic rings. The Morgan fingerprint density at radius 3 is 2.50 bits per heavy atom. The lowest BCUT2D eigenvalue weighted by Gasteiger charge is -2.28. The number of aliphatic hydroxyl groups is 1. The van der Waals surface area contributed by atoms with Crippen LogP contribution in [0.2, 0.25) is 10.0 Å². The van der Waals surface area contributed by atoms with E-state index in [1.807, 2.05) is 6.07 Å². The molecular weight excluding hydrogens is 373 g/mol. The Labute approximate surface area is 162 Å². The van der Waals surface area contributed by atoms with Crippen LogP contribution in [0.3, 0.4) is 0 Å². The van der Waals surface area contributed by atoms with Gasteiger partial charge in [-0.2, -0.15) is 0 Å². The number of aromatic nitrogens is 1. The van der Waals surface area contributed by atoms with Crippen molar-refractivity contribution in [2.24, 2.45) is 0 Å². The minimum atomic E-state index is -0.964. The molecule has 1 aliphatic heterocycles. The molecule has 7 heteroatoms. The topological polar surface area (TPSA) is 65.5 Å². The third-order valence-electron chi connectivity index (χ3n) is 4.56. The molecule has 0 saturated carbocycles. The van der Waals surface area contributed by atoms with Crippen molar-refractivity contribution in [1.82, 2.24) is 15.2 Å². The zero-order valence-electron chi connectivity index (χ0n) is 14.2. The van der Waals surface area contributed by atoms with E-state index in [2.05, 4.69) is 10.3 Å². The van der Waals surface area contributed by atoms with Gasteiger partial charge in [0.25, 0.3) is 0 Å². The van der Waals surface area contributed by atoms with Crippen LogP contribution in [0.15, 0.2) is 42.7 Å². The number of aliphatic hydroxyl groups excluding tert-OH is 1. The zero-order valence-corrected chi connectivity index (χ0v) is 15.7. The Morgan fingerprint density at radius 1 is 1.15 bits per heavy atom. The van der Waals surface area contributed by atoms with Gasteiger partial charge in [-0.15, -0.1) is 0 Å². The molecule has 2 N–H and O–H groups in total. The fourth-order valence-corrected chi connectivity index (χ4v) is 3.42. The predicted molar refractivity (Wildman–Crippen MR) is 102 cm³/mol. The van der Waals surface area contributed by atoms with E-state index in [0.29, 0.717) is 22.2 Å². The minimum absolute atomic E-state index is 0.0909. The first-order chi connectivity index (χ1) is 12.6. The highest BCUT2D eigenvalue weighted by atomic mass is 35.5. The second-order valence-electron chi connectivity index (χ2n) is 6.36. The summed E-state index contributed by atoms with van der Waals surface area (Å²) in [7, 11) is 0. The summed E-state index contributed by atoms with van der Waals surface area (Å²) in [5, 5.41) is 14.9. The molecule has 2 heterocycles. The molecule has 1 amide bonds. The lowest BCUT2D eigenvalue weighted by Crippen LogP contribution is -2.48. The van der Waals surface area contributed by atoms with E-state index in [-0.39, 0.29) is 5.91 Å². The summed E-state index contributed by atoms with van der Waals surface area (Å²) in [4.78, 5) is 18.7. The Balaban J connectivity index is 1.77. The molecule has 0 bridgehead atoms. The van der Waals surface area contributed by atoms with Gasteiger partial charge in [0.2, 0.25) is 5.91 Å². The molecule has 3 rings (SSSR count). The Morgan fingerprint density at radius 2 is 1.85 bits per heavy atom. The maximum Gasteiger partial charge on any atom is 0.242 e.